The molecule has 0 spiro atoms. The minimum Gasteiger partial charge on any atom is -0.463 e. The van der Waals surface area contributed by atoms with E-state index in [9.17, 15) is 48.9 Å². The first kappa shape index (κ1) is 55.5. The fourth-order valence-electron chi connectivity index (χ4n) is 5.51. The average Bonchev–Trinajstić information content (AvgIpc) is 3.50. The van der Waals surface area contributed by atoms with Crippen molar-refractivity contribution in [2.45, 2.75) is 128 Å². The van der Waals surface area contributed by atoms with Crippen molar-refractivity contribution in [1.29, 1.82) is 0 Å². The van der Waals surface area contributed by atoms with Gasteiger partial charge in [0.25, 0.3) is 0 Å². The molecule has 5 unspecified atom stereocenters. The van der Waals surface area contributed by atoms with Gasteiger partial charge in [0, 0.05) is 13.0 Å². The van der Waals surface area contributed by atoms with Crippen molar-refractivity contribution < 1.29 is 77.3 Å². The van der Waals surface area contributed by atoms with Gasteiger partial charge in [-0.1, -0.05) is 43.1 Å². The van der Waals surface area contributed by atoms with E-state index in [0.717, 1.165) is 6.42 Å². The highest BCUT2D eigenvalue weighted by Gasteiger charge is 2.50. The van der Waals surface area contributed by atoms with Crippen LogP contribution in [-0.2, 0) is 62.0 Å². The van der Waals surface area contributed by atoms with Crippen LogP contribution in [0.5, 0.6) is 0 Å². The minimum atomic E-state index is -1.54. The van der Waals surface area contributed by atoms with Crippen LogP contribution in [0.4, 0.5) is 0 Å². The predicted molar refractivity (Wildman–Crippen MR) is 200 cm³/mol. The smallest absolute Gasteiger partial charge is 0.347 e. The number of carbonyl (C=O) groups excluding carboxylic acids is 7. The van der Waals surface area contributed by atoms with Crippen molar-refractivity contribution in [3.05, 3.63) is 0 Å². The van der Waals surface area contributed by atoms with Gasteiger partial charge < -0.3 is 48.6 Å². The summed E-state index contributed by atoms with van der Waals surface area (Å²) in [4.78, 5) is 89.3. The third-order valence-electron chi connectivity index (χ3n) is 8.58. The number of hydrogen-bond donors (Lipinski definition) is 3. The molecule has 3 N–H and O–H groups in total. The van der Waals surface area contributed by atoms with Crippen LogP contribution in [0.3, 0.4) is 0 Å². The van der Waals surface area contributed by atoms with E-state index in [-0.39, 0.29) is 60.6 Å². The van der Waals surface area contributed by atoms with E-state index < -0.39 is 109 Å². The summed E-state index contributed by atoms with van der Waals surface area (Å²) in [5, 5.41) is 29.3. The molecule has 0 bridgehead atoms. The number of nitrogens with zero attached hydrogens (tertiary/aromatic N) is 1. The zero-order valence-corrected chi connectivity index (χ0v) is 31.6. The molecule has 0 aromatic carbocycles. The van der Waals surface area contributed by atoms with Crippen molar-refractivity contribution in [1.82, 2.24) is 4.90 Å². The maximum Gasteiger partial charge on any atom is 0.347 e. The Labute approximate surface area is 326 Å². The summed E-state index contributed by atoms with van der Waals surface area (Å²) in [7, 11) is 0. The molecule has 0 aromatic heterocycles. The molecule has 1 amide bonds. The van der Waals surface area contributed by atoms with Crippen molar-refractivity contribution >= 4 is 41.7 Å². The molecule has 0 aromatic rings. The number of carbonyl (C=O) groups is 7. The van der Waals surface area contributed by atoms with Crippen molar-refractivity contribution in [3.8, 4) is 0 Å². The normalized spacial score (nSPS) is 16.3. The van der Waals surface area contributed by atoms with E-state index in [0.29, 0.717) is 13.0 Å². The van der Waals surface area contributed by atoms with Crippen LogP contribution in [0.2, 0.25) is 0 Å². The molecule has 0 aliphatic carbocycles. The fourth-order valence-corrected chi connectivity index (χ4v) is 5.51. The lowest BCUT2D eigenvalue weighted by Gasteiger charge is -2.39. The Bertz CT molecular complexity index is 1250. The van der Waals surface area contributed by atoms with Crippen LogP contribution in [0, 0.1) is 22.2 Å². The fraction of sp³-hybridized carbons (Fsp3) is 0.816. The van der Waals surface area contributed by atoms with Crippen LogP contribution in [0.1, 0.15) is 110 Å². The molecule has 1 saturated heterocycles. The second-order valence-corrected chi connectivity index (χ2v) is 14.5. The van der Waals surface area contributed by atoms with Crippen LogP contribution in [0.25, 0.3) is 0 Å². The molecule has 5 atom stereocenters. The highest BCUT2D eigenvalue weighted by molar-refractivity contribution is 5.83. The van der Waals surface area contributed by atoms with Crippen molar-refractivity contribution in [3.63, 3.8) is 0 Å². The summed E-state index contributed by atoms with van der Waals surface area (Å²) in [5.41, 5.74) is -4.21. The maximum atomic E-state index is 13.6. The second kappa shape index (κ2) is 25.4. The van der Waals surface area contributed by atoms with E-state index in [4.69, 9.17) is 28.4 Å². The van der Waals surface area contributed by atoms with Gasteiger partial charge in [0.05, 0.1) is 35.3 Å². The van der Waals surface area contributed by atoms with E-state index >= 15 is 0 Å². The summed E-state index contributed by atoms with van der Waals surface area (Å²) in [5.74, 6) is -5.43. The molecule has 1 aliphatic heterocycles. The topological polar surface area (TPSA) is 239 Å². The molecule has 0 saturated carbocycles. The Morgan fingerprint density at radius 3 is 1.82 bits per heavy atom. The first-order chi connectivity index (χ1) is 24.1. The Balaban J connectivity index is -0.00000901. The van der Waals surface area contributed by atoms with Gasteiger partial charge in [-0.25, -0.2) is 9.59 Å². The third kappa shape index (κ3) is 18.6. The molecule has 55 heavy (non-hydrogen) atoms. The Hall–Kier alpha value is -3.83. The predicted octanol–water partition coefficient (Wildman–Crippen LogP) is 2.76. The van der Waals surface area contributed by atoms with E-state index in [1.165, 1.54) is 27.7 Å². The first-order valence-corrected chi connectivity index (χ1v) is 17.4. The summed E-state index contributed by atoms with van der Waals surface area (Å²) in [6.45, 7) is 9.79. The number of hydrogen-bond acceptors (Lipinski definition) is 16. The number of amides is 1. The zero-order valence-electron chi connectivity index (χ0n) is 31.6. The van der Waals surface area contributed by atoms with Crippen LogP contribution < -0.4 is 0 Å². The first-order valence-electron chi connectivity index (χ1n) is 17.4. The average molecular weight is 796 g/mol. The third-order valence-corrected chi connectivity index (χ3v) is 8.58. The second-order valence-electron chi connectivity index (χ2n) is 14.5. The molecule has 17 nitrogen and oxygen atoms in total. The van der Waals surface area contributed by atoms with E-state index in [1.807, 2.05) is 0 Å². The summed E-state index contributed by atoms with van der Waals surface area (Å²) < 4.78 is 30.7. The van der Waals surface area contributed by atoms with E-state index in [1.54, 1.807) is 32.6 Å². The van der Waals surface area contributed by atoms with Crippen LogP contribution >= 0.6 is 0 Å². The molecular weight excluding hydrogens is 726 g/mol. The van der Waals surface area contributed by atoms with Crippen molar-refractivity contribution in [2.75, 3.05) is 52.7 Å². The number of esters is 6. The highest BCUT2D eigenvalue weighted by atomic mass is 16.6. The summed E-state index contributed by atoms with van der Waals surface area (Å²) in [6.07, 6.45) is -3.20. The molecule has 1 aliphatic rings. The molecule has 1 rings (SSSR count). The molecule has 0 radical (unpaired) electrons. The van der Waals surface area contributed by atoms with Gasteiger partial charge in [0.15, 0.2) is 12.7 Å². The number of rotatable bonds is 23. The SMILES string of the molecule is C.C.C.CCC(C)(CC(C)(CC(C)(C)C(=O)OCC(O)COC(=O)C(C)OC(=O)COC(=O)C(C)C)C(=O)OCC(O)CO)C(=O)OCCN1CCCC1=O. The lowest BCUT2D eigenvalue weighted by Crippen LogP contribution is -2.45. The van der Waals surface area contributed by atoms with Gasteiger partial charge in [-0.15, -0.1) is 0 Å². The zero-order chi connectivity index (χ0) is 39.9. The standard InChI is InChI=1S/C35H57NO16.3CH4/c1-9-34(7,31(45)47-14-13-36-12-10-11-26(36)40)21-35(8,32(46)51-16-24(38)15-37)20-33(5,6)30(44)50-18-25(39)17-48-29(43)23(4)52-27(41)19-49-28(42)22(2)3;;;/h22-25,37-39H,9-21H2,1-8H3;3*1H4. The molecule has 322 valence electrons. The molecule has 17 heteroatoms. The van der Waals surface area contributed by atoms with Gasteiger partial charge in [-0.3, -0.25) is 24.0 Å². The summed E-state index contributed by atoms with van der Waals surface area (Å²) in [6, 6.07) is 0. The highest BCUT2D eigenvalue weighted by Crippen LogP contribution is 2.46. The van der Waals surface area contributed by atoms with Gasteiger partial charge in [-0.05, 0) is 60.3 Å². The molecule has 1 fully saturated rings. The number of likely N-dealkylation sites (tertiary alicyclic amines) is 1. The maximum absolute atomic E-state index is 13.6. The lowest BCUT2D eigenvalue weighted by molar-refractivity contribution is -0.175. The molecule has 1 heterocycles. The molecular formula is C38H69NO16. The largest absolute Gasteiger partial charge is 0.463 e. The number of aliphatic hydroxyl groups is 3. The van der Waals surface area contributed by atoms with Gasteiger partial charge in [0.2, 0.25) is 5.91 Å². The van der Waals surface area contributed by atoms with Gasteiger partial charge in [-0.2, -0.15) is 0 Å². The quantitative estimate of drug-likeness (QED) is 0.0995. The van der Waals surface area contributed by atoms with Gasteiger partial charge in [0.1, 0.15) is 38.6 Å². The van der Waals surface area contributed by atoms with E-state index in [2.05, 4.69) is 0 Å². The van der Waals surface area contributed by atoms with Crippen LogP contribution in [-0.4, -0.2) is 133 Å². The Kier molecular flexibility index (Phi) is 25.6. The van der Waals surface area contributed by atoms with Crippen LogP contribution in [0.15, 0.2) is 0 Å². The number of ether oxygens (including phenoxy) is 6. The van der Waals surface area contributed by atoms with Crippen molar-refractivity contribution in [2.24, 2.45) is 22.2 Å². The minimum absolute atomic E-state index is 0. The summed E-state index contributed by atoms with van der Waals surface area (Å²) >= 11 is 0. The monoisotopic (exact) mass is 795 g/mol. The Morgan fingerprint density at radius 1 is 0.745 bits per heavy atom. The lowest BCUT2D eigenvalue weighted by atomic mass is 9.65. The number of aliphatic hydroxyl groups excluding tert-OH is 3. The Morgan fingerprint density at radius 2 is 1.29 bits per heavy atom. The van der Waals surface area contributed by atoms with Gasteiger partial charge >= 0.3 is 35.8 Å².